The molecule has 0 saturated carbocycles. The van der Waals surface area contributed by atoms with Crippen LogP contribution >= 0.6 is 0 Å². The molecule has 0 saturated heterocycles. The molecule has 5 heteroatoms. The summed E-state index contributed by atoms with van der Waals surface area (Å²) in [6.45, 7) is 0. The summed E-state index contributed by atoms with van der Waals surface area (Å²) >= 11 is 0. The van der Waals surface area contributed by atoms with Crippen molar-refractivity contribution in [2.45, 2.75) is 6.18 Å². The molecular weight excluding hydrogens is 171 g/mol. The van der Waals surface area contributed by atoms with Gasteiger partial charge in [-0.1, -0.05) is 12.1 Å². The van der Waals surface area contributed by atoms with Crippen molar-refractivity contribution >= 4 is 13.3 Å². The quantitative estimate of drug-likeness (QED) is 0.410. The third-order valence-corrected chi connectivity index (χ3v) is 1.57. The zero-order valence-electron chi connectivity index (χ0n) is 6.24. The molecule has 0 aliphatic carbocycles. The Hall–Kier alpha value is -0.995. The second kappa shape index (κ2) is 2.81. The molecular formula is C7H5BF4. The summed E-state index contributed by atoms with van der Waals surface area (Å²) < 4.78 is 48.8. The lowest BCUT2D eigenvalue weighted by molar-refractivity contribution is -0.136. The number of hydrogen-bond donors (Lipinski definition) is 0. The molecule has 0 N–H and O–H groups in total. The minimum atomic E-state index is -4.47. The molecule has 1 aromatic rings. The summed E-state index contributed by atoms with van der Waals surface area (Å²) in [5, 5.41) is 0. The molecule has 0 nitrogen and oxygen atoms in total. The number of alkyl halides is 3. The van der Waals surface area contributed by atoms with Crippen molar-refractivity contribution in [1.82, 2.24) is 0 Å². The van der Waals surface area contributed by atoms with Crippen LogP contribution in [0.2, 0.25) is 0 Å². The first-order valence-corrected chi connectivity index (χ1v) is 3.25. The van der Waals surface area contributed by atoms with Crippen LogP contribution in [0.25, 0.3) is 0 Å². The highest BCUT2D eigenvalue weighted by molar-refractivity contribution is 6.33. The summed E-state index contributed by atoms with van der Waals surface area (Å²) in [5.74, 6) is -0.829. The Morgan fingerprint density at radius 3 is 2.17 bits per heavy atom. The van der Waals surface area contributed by atoms with Crippen molar-refractivity contribution in [2.24, 2.45) is 0 Å². The van der Waals surface area contributed by atoms with Crippen LogP contribution in [0.5, 0.6) is 0 Å². The third kappa shape index (κ3) is 1.60. The van der Waals surface area contributed by atoms with E-state index in [-0.39, 0.29) is 5.46 Å². The Morgan fingerprint density at radius 1 is 1.17 bits per heavy atom. The molecule has 0 fully saturated rings. The van der Waals surface area contributed by atoms with Gasteiger partial charge in [0, 0.05) is 0 Å². The largest absolute Gasteiger partial charge is 0.415 e. The smallest absolute Gasteiger partial charge is 0.208 e. The first-order valence-electron chi connectivity index (χ1n) is 3.25. The fourth-order valence-corrected chi connectivity index (χ4v) is 0.915. The first kappa shape index (κ1) is 9.10. The predicted octanol–water partition coefficient (Wildman–Crippen LogP) is 1.10. The van der Waals surface area contributed by atoms with E-state index in [2.05, 4.69) is 0 Å². The van der Waals surface area contributed by atoms with E-state index in [9.17, 15) is 17.6 Å². The van der Waals surface area contributed by atoms with Crippen molar-refractivity contribution in [1.29, 1.82) is 0 Å². The Labute approximate surface area is 67.6 Å². The molecule has 1 rings (SSSR count). The summed E-state index contributed by atoms with van der Waals surface area (Å²) in [4.78, 5) is 0. The number of rotatable bonds is 0. The van der Waals surface area contributed by atoms with Gasteiger partial charge in [0.25, 0.3) is 0 Å². The average molecular weight is 176 g/mol. The van der Waals surface area contributed by atoms with E-state index in [1.54, 1.807) is 0 Å². The van der Waals surface area contributed by atoms with Crippen LogP contribution in [0.1, 0.15) is 5.56 Å². The summed E-state index contributed by atoms with van der Waals surface area (Å²) in [6, 6.07) is 2.91. The fourth-order valence-electron chi connectivity index (χ4n) is 0.915. The van der Waals surface area contributed by atoms with Crippen LogP contribution in [0.3, 0.4) is 0 Å². The monoisotopic (exact) mass is 176 g/mol. The van der Waals surface area contributed by atoms with E-state index in [1.165, 1.54) is 0 Å². The zero-order chi connectivity index (χ0) is 9.35. The van der Waals surface area contributed by atoms with Crippen molar-refractivity contribution in [3.63, 3.8) is 0 Å². The van der Waals surface area contributed by atoms with Gasteiger partial charge < -0.3 is 0 Å². The molecule has 0 aliphatic heterocycles. The van der Waals surface area contributed by atoms with Gasteiger partial charge >= 0.3 is 6.18 Å². The van der Waals surface area contributed by atoms with Crippen LogP contribution in [-0.4, -0.2) is 7.85 Å². The van der Waals surface area contributed by atoms with E-state index < -0.39 is 17.6 Å². The highest BCUT2D eigenvalue weighted by atomic mass is 19.4. The van der Waals surface area contributed by atoms with Crippen LogP contribution in [-0.2, 0) is 6.18 Å². The fraction of sp³-hybridized carbons (Fsp3) is 0.143. The van der Waals surface area contributed by atoms with E-state index >= 15 is 0 Å². The summed E-state index contributed by atoms with van der Waals surface area (Å²) in [6.07, 6.45) is -4.47. The Morgan fingerprint density at radius 2 is 1.75 bits per heavy atom. The van der Waals surface area contributed by atoms with Crippen molar-refractivity contribution in [2.75, 3.05) is 0 Å². The molecule has 0 heterocycles. The lowest BCUT2D eigenvalue weighted by Gasteiger charge is -2.09. The Balaban J connectivity index is 3.26. The summed E-state index contributed by atoms with van der Waals surface area (Å²) in [7, 11) is 1.11. The third-order valence-electron chi connectivity index (χ3n) is 1.57. The lowest BCUT2D eigenvalue weighted by Crippen LogP contribution is -2.22. The van der Waals surface area contributed by atoms with Gasteiger partial charge in [0.1, 0.15) is 13.7 Å². The van der Waals surface area contributed by atoms with Gasteiger partial charge in [-0.2, -0.15) is 13.2 Å². The van der Waals surface area contributed by atoms with Crippen molar-refractivity contribution in [3.8, 4) is 0 Å². The molecule has 0 atom stereocenters. The maximum atomic E-state index is 12.6. The first-order chi connectivity index (χ1) is 5.43. The van der Waals surface area contributed by atoms with E-state index in [4.69, 9.17) is 0 Å². The highest BCUT2D eigenvalue weighted by Gasteiger charge is 2.32. The standard InChI is InChI=1S/C7H5BF4/c8-6-4(7(10,11)12)2-1-3-5(6)9/h1-3H,8H2. The maximum Gasteiger partial charge on any atom is 0.415 e. The van der Waals surface area contributed by atoms with Gasteiger partial charge in [-0.05, 0) is 11.5 Å². The van der Waals surface area contributed by atoms with Crippen LogP contribution in [0.4, 0.5) is 17.6 Å². The molecule has 1 aromatic carbocycles. The van der Waals surface area contributed by atoms with Crippen LogP contribution in [0, 0.1) is 5.82 Å². The minimum absolute atomic E-state index is 0.356. The number of hydrogen-bond acceptors (Lipinski definition) is 0. The molecule has 0 unspecified atom stereocenters. The second-order valence-corrected chi connectivity index (χ2v) is 2.41. The van der Waals surface area contributed by atoms with Gasteiger partial charge in [-0.25, -0.2) is 4.39 Å². The van der Waals surface area contributed by atoms with Gasteiger partial charge in [0.05, 0.1) is 5.56 Å². The molecule has 0 amide bonds. The zero-order valence-corrected chi connectivity index (χ0v) is 6.24. The van der Waals surface area contributed by atoms with E-state index in [0.29, 0.717) is 0 Å². The molecule has 64 valence electrons. The van der Waals surface area contributed by atoms with Gasteiger partial charge in [-0.3, -0.25) is 0 Å². The molecule has 0 aliphatic rings. The topological polar surface area (TPSA) is 0 Å². The van der Waals surface area contributed by atoms with Crippen molar-refractivity contribution < 1.29 is 17.6 Å². The van der Waals surface area contributed by atoms with Gasteiger partial charge in [-0.15, -0.1) is 0 Å². The normalized spacial score (nSPS) is 11.7. The molecule has 0 bridgehead atoms. The van der Waals surface area contributed by atoms with E-state index in [0.717, 1.165) is 26.0 Å². The lowest BCUT2D eigenvalue weighted by atomic mass is 9.90. The second-order valence-electron chi connectivity index (χ2n) is 2.41. The Kier molecular flexibility index (Phi) is 2.13. The van der Waals surface area contributed by atoms with Crippen LogP contribution in [0.15, 0.2) is 18.2 Å². The van der Waals surface area contributed by atoms with Gasteiger partial charge in [0.15, 0.2) is 0 Å². The molecule has 0 spiro atoms. The minimum Gasteiger partial charge on any atom is -0.208 e. The van der Waals surface area contributed by atoms with Crippen molar-refractivity contribution in [3.05, 3.63) is 29.6 Å². The molecule has 12 heavy (non-hydrogen) atoms. The molecule has 0 aromatic heterocycles. The average Bonchev–Trinajstić information content (AvgIpc) is 1.92. The molecule has 0 radical (unpaired) electrons. The maximum absolute atomic E-state index is 12.6. The predicted molar refractivity (Wildman–Crippen MR) is 39.6 cm³/mol. The number of halogens is 4. The SMILES string of the molecule is Bc1c(F)cccc1C(F)(F)F. The van der Waals surface area contributed by atoms with Gasteiger partial charge in [0.2, 0.25) is 0 Å². The van der Waals surface area contributed by atoms with Crippen LogP contribution < -0.4 is 5.46 Å². The highest BCUT2D eigenvalue weighted by Crippen LogP contribution is 2.27. The van der Waals surface area contributed by atoms with E-state index in [1.807, 2.05) is 0 Å². The Bertz CT molecular complexity index is 292. The summed E-state index contributed by atoms with van der Waals surface area (Å²) in [5.41, 5.74) is -1.27. The number of benzene rings is 1.